The van der Waals surface area contributed by atoms with Gasteiger partial charge in [-0.2, -0.15) is 10.1 Å². The number of nitrogens with zero attached hydrogens (tertiary/aromatic N) is 2. The summed E-state index contributed by atoms with van der Waals surface area (Å²) < 4.78 is 0.944. The number of hydrogen-bond donors (Lipinski definition) is 1. The monoisotopic (exact) mass is 356 g/mol. The maximum absolute atomic E-state index is 12.6. The Morgan fingerprint density at radius 2 is 1.91 bits per heavy atom. The molecular formula is C17H13BrN2O2. The minimum Gasteiger partial charge on any atom is -0.508 e. The molecule has 0 saturated heterocycles. The number of hydrogen-bond acceptors (Lipinski definition) is 3. The molecule has 0 aromatic heterocycles. The number of rotatable bonds is 2. The number of aromatic hydroxyl groups is 1. The third-order valence-electron chi connectivity index (χ3n) is 3.31. The van der Waals surface area contributed by atoms with E-state index in [0.717, 1.165) is 10.0 Å². The van der Waals surface area contributed by atoms with E-state index in [-0.39, 0.29) is 11.7 Å². The van der Waals surface area contributed by atoms with Crippen LogP contribution in [0, 0.1) is 0 Å². The van der Waals surface area contributed by atoms with Crippen LogP contribution in [0.3, 0.4) is 0 Å². The van der Waals surface area contributed by atoms with Crippen molar-refractivity contribution in [1.82, 2.24) is 0 Å². The quantitative estimate of drug-likeness (QED) is 0.828. The van der Waals surface area contributed by atoms with Gasteiger partial charge in [0.2, 0.25) is 0 Å². The number of carbonyl (C=O) groups is 1. The second kappa shape index (κ2) is 5.77. The van der Waals surface area contributed by atoms with Crippen molar-refractivity contribution in [2.75, 3.05) is 5.01 Å². The van der Waals surface area contributed by atoms with Crippen LogP contribution in [0.2, 0.25) is 0 Å². The normalized spacial score (nSPS) is 16.3. The number of phenolic OH excluding ortho intramolecular Hbond substituents is 1. The van der Waals surface area contributed by atoms with E-state index >= 15 is 0 Å². The molecule has 0 radical (unpaired) electrons. The lowest BCUT2D eigenvalue weighted by molar-refractivity contribution is -0.114. The van der Waals surface area contributed by atoms with Gasteiger partial charge in [0.15, 0.2) is 0 Å². The van der Waals surface area contributed by atoms with Gasteiger partial charge in [-0.1, -0.05) is 28.1 Å². The largest absolute Gasteiger partial charge is 0.508 e. The number of halogens is 1. The van der Waals surface area contributed by atoms with E-state index < -0.39 is 0 Å². The van der Waals surface area contributed by atoms with Crippen LogP contribution in [0.1, 0.15) is 12.5 Å². The van der Waals surface area contributed by atoms with Gasteiger partial charge < -0.3 is 5.11 Å². The number of phenols is 1. The van der Waals surface area contributed by atoms with Crippen LogP contribution >= 0.6 is 15.9 Å². The van der Waals surface area contributed by atoms with E-state index in [0.29, 0.717) is 17.0 Å². The first-order valence-electron chi connectivity index (χ1n) is 6.71. The summed E-state index contributed by atoms with van der Waals surface area (Å²) >= 11 is 3.37. The first-order valence-corrected chi connectivity index (χ1v) is 7.50. The Kier molecular flexibility index (Phi) is 3.81. The first kappa shape index (κ1) is 14.5. The minimum absolute atomic E-state index is 0.166. The van der Waals surface area contributed by atoms with Gasteiger partial charge in [-0.05, 0) is 55.0 Å². The fraction of sp³-hybridized carbons (Fsp3) is 0.0588. The summed E-state index contributed by atoms with van der Waals surface area (Å²) in [6.07, 6.45) is 1.74. The molecule has 1 amide bonds. The first-order chi connectivity index (χ1) is 10.5. The lowest BCUT2D eigenvalue weighted by atomic mass is 10.1. The van der Waals surface area contributed by atoms with Crippen LogP contribution < -0.4 is 5.01 Å². The number of hydrazone groups is 1. The Morgan fingerprint density at radius 3 is 2.59 bits per heavy atom. The highest BCUT2D eigenvalue weighted by molar-refractivity contribution is 9.10. The highest BCUT2D eigenvalue weighted by Gasteiger charge is 2.28. The molecule has 0 unspecified atom stereocenters. The van der Waals surface area contributed by atoms with Crippen molar-refractivity contribution in [3.8, 4) is 5.75 Å². The van der Waals surface area contributed by atoms with E-state index in [9.17, 15) is 9.90 Å². The Morgan fingerprint density at radius 1 is 1.18 bits per heavy atom. The molecule has 22 heavy (non-hydrogen) atoms. The molecule has 0 bridgehead atoms. The minimum atomic E-state index is -0.178. The summed E-state index contributed by atoms with van der Waals surface area (Å²) in [4.78, 5) is 12.6. The molecule has 5 heteroatoms. The molecular weight excluding hydrogens is 344 g/mol. The van der Waals surface area contributed by atoms with E-state index in [1.54, 1.807) is 31.2 Å². The lowest BCUT2D eigenvalue weighted by Gasteiger charge is -2.11. The van der Waals surface area contributed by atoms with Gasteiger partial charge in [0.1, 0.15) is 5.75 Å². The zero-order valence-electron chi connectivity index (χ0n) is 11.8. The van der Waals surface area contributed by atoms with Gasteiger partial charge in [-0.3, -0.25) is 4.79 Å². The van der Waals surface area contributed by atoms with Crippen LogP contribution in [0.15, 0.2) is 63.7 Å². The average molecular weight is 357 g/mol. The van der Waals surface area contributed by atoms with Gasteiger partial charge in [0.25, 0.3) is 5.91 Å². The van der Waals surface area contributed by atoms with Crippen molar-refractivity contribution in [2.45, 2.75) is 6.92 Å². The number of amides is 1. The van der Waals surface area contributed by atoms with Crippen LogP contribution in [0.25, 0.3) is 6.08 Å². The van der Waals surface area contributed by atoms with Gasteiger partial charge in [-0.25, -0.2) is 0 Å². The van der Waals surface area contributed by atoms with Gasteiger partial charge >= 0.3 is 0 Å². The van der Waals surface area contributed by atoms with E-state index in [4.69, 9.17) is 0 Å². The topological polar surface area (TPSA) is 52.9 Å². The summed E-state index contributed by atoms with van der Waals surface area (Å²) in [6.45, 7) is 1.80. The second-order valence-electron chi connectivity index (χ2n) is 4.93. The fourth-order valence-corrected chi connectivity index (χ4v) is 2.49. The smallest absolute Gasteiger partial charge is 0.280 e. The van der Waals surface area contributed by atoms with Crippen molar-refractivity contribution < 1.29 is 9.90 Å². The molecule has 1 aliphatic heterocycles. The highest BCUT2D eigenvalue weighted by Crippen LogP contribution is 2.26. The number of benzene rings is 2. The molecule has 0 atom stereocenters. The highest BCUT2D eigenvalue weighted by atomic mass is 79.9. The molecule has 2 aromatic rings. The molecule has 1 aliphatic rings. The molecule has 0 saturated carbocycles. The molecule has 3 rings (SSSR count). The summed E-state index contributed by atoms with van der Waals surface area (Å²) in [6, 6.07) is 14.2. The Labute approximate surface area is 136 Å². The lowest BCUT2D eigenvalue weighted by Crippen LogP contribution is -2.21. The third kappa shape index (κ3) is 2.80. The van der Waals surface area contributed by atoms with Crippen molar-refractivity contribution >= 4 is 39.3 Å². The van der Waals surface area contributed by atoms with E-state index in [1.165, 1.54) is 5.01 Å². The fourth-order valence-electron chi connectivity index (χ4n) is 2.22. The second-order valence-corrected chi connectivity index (χ2v) is 5.85. The molecule has 0 aliphatic carbocycles. The van der Waals surface area contributed by atoms with Gasteiger partial charge in [0, 0.05) is 4.47 Å². The predicted octanol–water partition coefficient (Wildman–Crippen LogP) is 3.96. The molecule has 4 nitrogen and oxygen atoms in total. The zero-order valence-corrected chi connectivity index (χ0v) is 13.4. The number of carbonyl (C=O) groups excluding carboxylic acids is 1. The molecule has 2 aromatic carbocycles. The maximum atomic E-state index is 12.6. The molecule has 0 fully saturated rings. The van der Waals surface area contributed by atoms with Crippen molar-refractivity contribution in [1.29, 1.82) is 0 Å². The van der Waals surface area contributed by atoms with Crippen LogP contribution in [-0.2, 0) is 4.79 Å². The van der Waals surface area contributed by atoms with E-state index in [1.807, 2.05) is 30.3 Å². The van der Waals surface area contributed by atoms with Crippen LogP contribution in [-0.4, -0.2) is 16.7 Å². The van der Waals surface area contributed by atoms with Gasteiger partial charge in [0.05, 0.1) is 17.0 Å². The van der Waals surface area contributed by atoms with E-state index in [2.05, 4.69) is 21.0 Å². The Hall–Kier alpha value is -2.40. The number of anilines is 1. The molecule has 110 valence electrons. The maximum Gasteiger partial charge on any atom is 0.280 e. The molecule has 1 heterocycles. The Bertz CT molecular complexity index is 795. The predicted molar refractivity (Wildman–Crippen MR) is 90.8 cm³/mol. The standard InChI is InChI=1S/C17H13BrN2O2/c1-11-16(10-12-3-2-4-15(21)9-12)17(22)20(19-11)14-7-5-13(18)6-8-14/h2-10,21H,1H3/b16-10-. The SMILES string of the molecule is CC1=NN(c2ccc(Br)cc2)C(=O)/C1=C\c1cccc(O)c1. The van der Waals surface area contributed by atoms with Gasteiger partial charge in [-0.15, -0.1) is 0 Å². The summed E-state index contributed by atoms with van der Waals surface area (Å²) in [7, 11) is 0. The Balaban J connectivity index is 1.94. The summed E-state index contributed by atoms with van der Waals surface area (Å²) in [5.74, 6) is -0.0117. The average Bonchev–Trinajstić information content (AvgIpc) is 2.76. The van der Waals surface area contributed by atoms with Crippen molar-refractivity contribution in [3.63, 3.8) is 0 Å². The van der Waals surface area contributed by atoms with Crippen molar-refractivity contribution in [3.05, 3.63) is 64.1 Å². The molecule has 0 spiro atoms. The third-order valence-corrected chi connectivity index (χ3v) is 3.84. The van der Waals surface area contributed by atoms with Crippen molar-refractivity contribution in [2.24, 2.45) is 5.10 Å². The van der Waals surface area contributed by atoms with Crippen LogP contribution in [0.5, 0.6) is 5.75 Å². The molecule has 1 N–H and O–H groups in total. The van der Waals surface area contributed by atoms with Crippen LogP contribution in [0.4, 0.5) is 5.69 Å². The zero-order chi connectivity index (χ0) is 15.7. The summed E-state index contributed by atoms with van der Waals surface area (Å²) in [5.41, 5.74) is 2.65. The summed E-state index contributed by atoms with van der Waals surface area (Å²) in [5, 5.41) is 15.2.